The fourth-order valence-electron chi connectivity index (χ4n) is 2.79. The zero-order valence-electron chi connectivity index (χ0n) is 20.0. The summed E-state index contributed by atoms with van der Waals surface area (Å²) >= 11 is 0. The van der Waals surface area contributed by atoms with Gasteiger partial charge in [0.2, 0.25) is 0 Å². The van der Waals surface area contributed by atoms with Crippen LogP contribution in [0.25, 0.3) is 22.8 Å². The van der Waals surface area contributed by atoms with E-state index in [0.29, 0.717) is 22.8 Å². The zero-order chi connectivity index (χ0) is 26.2. The second kappa shape index (κ2) is 16.4. The van der Waals surface area contributed by atoms with Crippen LogP contribution in [0.3, 0.4) is 0 Å². The first-order valence-electron chi connectivity index (χ1n) is 9.98. The Balaban J connectivity index is 0.000000688. The van der Waals surface area contributed by atoms with Gasteiger partial charge >= 0.3 is 75.3 Å². The Bertz CT molecular complexity index is 1270. The van der Waals surface area contributed by atoms with Gasteiger partial charge in [-0.05, 0) is 48.5 Å². The molecule has 0 bridgehead atoms. The van der Waals surface area contributed by atoms with E-state index in [0.717, 1.165) is 0 Å². The topological polar surface area (TPSA) is 232 Å². The molecule has 4 rings (SSSR count). The summed E-state index contributed by atoms with van der Waals surface area (Å²) in [6.45, 7) is 0. The summed E-state index contributed by atoms with van der Waals surface area (Å²) in [5.74, 6) is -4.59. The quantitative estimate of drug-likeness (QED) is 0.161. The molecule has 0 aliphatic heterocycles. The van der Waals surface area contributed by atoms with E-state index >= 15 is 0 Å². The molecule has 0 aromatic carbocycles. The van der Waals surface area contributed by atoms with Crippen LogP contribution in [0.5, 0.6) is 0 Å². The molecule has 0 saturated heterocycles. The van der Waals surface area contributed by atoms with Crippen molar-refractivity contribution in [2.45, 2.75) is 0 Å². The van der Waals surface area contributed by atoms with Crippen molar-refractivity contribution < 1.29 is 109 Å². The van der Waals surface area contributed by atoms with Gasteiger partial charge in [-0.2, -0.15) is 0 Å². The molecule has 39 heavy (non-hydrogen) atoms. The molecule has 0 amide bonds. The molecule has 0 fully saturated rings. The van der Waals surface area contributed by atoms with Crippen LogP contribution in [-0.2, 0) is 0 Å². The standard InChI is InChI=1S/2C12H8N2O4.ClH.K.H2O/c2*15-11(16)9-5-1-3-7(13-9)8-4-2-6-10(14-8)12(17)18;;;/h2*1-6H,(H,15,16)(H,17,18);1H;;1H2/q;;;+1;/p-1. The van der Waals surface area contributed by atoms with Gasteiger partial charge in [-0.1, -0.05) is 24.3 Å². The van der Waals surface area contributed by atoms with Crippen molar-refractivity contribution in [3.63, 3.8) is 0 Å². The maximum Gasteiger partial charge on any atom is 1.00 e. The van der Waals surface area contributed by atoms with E-state index in [-0.39, 0.29) is 92.0 Å². The van der Waals surface area contributed by atoms with Gasteiger partial charge in [0.25, 0.3) is 0 Å². The molecular weight excluding hydrogens is 563 g/mol. The number of pyridine rings is 4. The number of hydrogen-bond acceptors (Lipinski definition) is 8. The number of hydrogen-bond donors (Lipinski definition) is 4. The number of nitrogens with zero attached hydrogens (tertiary/aromatic N) is 4. The fourth-order valence-corrected chi connectivity index (χ4v) is 2.79. The average Bonchev–Trinajstić information content (AvgIpc) is 2.89. The second-order valence-corrected chi connectivity index (χ2v) is 6.85. The molecule has 15 heteroatoms. The molecular formula is C24H18ClKN4O9. The molecule has 13 nitrogen and oxygen atoms in total. The fraction of sp³-hybridized carbons (Fsp3) is 0. The van der Waals surface area contributed by atoms with Crippen LogP contribution in [0.4, 0.5) is 0 Å². The molecule has 0 aliphatic rings. The van der Waals surface area contributed by atoms with E-state index in [9.17, 15) is 19.2 Å². The van der Waals surface area contributed by atoms with Gasteiger partial charge < -0.3 is 38.3 Å². The summed E-state index contributed by atoms with van der Waals surface area (Å²) in [5.41, 5.74) is 0.808. The van der Waals surface area contributed by atoms with Crippen molar-refractivity contribution in [2.75, 3.05) is 0 Å². The third-order valence-electron chi connectivity index (χ3n) is 4.40. The first kappa shape index (κ1) is 35.4. The summed E-state index contributed by atoms with van der Waals surface area (Å²) in [6, 6.07) is 17.8. The summed E-state index contributed by atoms with van der Waals surface area (Å²) in [7, 11) is 0. The van der Waals surface area contributed by atoms with Gasteiger partial charge in [0.1, 0.15) is 22.8 Å². The van der Waals surface area contributed by atoms with Crippen molar-refractivity contribution in [3.05, 3.63) is 95.6 Å². The van der Waals surface area contributed by atoms with Crippen molar-refractivity contribution in [1.82, 2.24) is 19.9 Å². The minimum atomic E-state index is -1.15. The summed E-state index contributed by atoms with van der Waals surface area (Å²) in [6.07, 6.45) is 0. The maximum absolute atomic E-state index is 10.8. The van der Waals surface area contributed by atoms with Crippen LogP contribution in [0, 0.1) is 0 Å². The molecule has 4 aromatic rings. The number of rotatable bonds is 6. The first-order valence-corrected chi connectivity index (χ1v) is 9.98. The number of carboxylic acid groups (broad SMARTS) is 4. The van der Waals surface area contributed by atoms with Crippen molar-refractivity contribution >= 4 is 23.9 Å². The monoisotopic (exact) mass is 580 g/mol. The SMILES string of the molecule is O.O=C(O)c1cccc(-c2cccc(C(=O)O)n2)n1.O=C(O)c1cccc(-c2cccc(C(=O)O)n2)n1.[Cl-].[K+]. The first-order chi connectivity index (χ1) is 17.2. The number of carbonyl (C=O) groups is 4. The summed E-state index contributed by atoms with van der Waals surface area (Å²) in [4.78, 5) is 58.7. The molecule has 0 atom stereocenters. The smallest absolute Gasteiger partial charge is 1.00 e. The van der Waals surface area contributed by atoms with Gasteiger partial charge in [0.05, 0.1) is 22.8 Å². The van der Waals surface area contributed by atoms with Crippen molar-refractivity contribution in [1.29, 1.82) is 0 Å². The Morgan fingerprint density at radius 1 is 0.436 bits per heavy atom. The van der Waals surface area contributed by atoms with E-state index in [1.54, 1.807) is 24.3 Å². The van der Waals surface area contributed by atoms with Crippen LogP contribution in [0.2, 0.25) is 0 Å². The third kappa shape index (κ3) is 9.88. The minimum Gasteiger partial charge on any atom is -1.00 e. The Morgan fingerprint density at radius 2 is 0.615 bits per heavy atom. The van der Waals surface area contributed by atoms with E-state index in [1.165, 1.54) is 48.5 Å². The molecule has 0 saturated carbocycles. The van der Waals surface area contributed by atoms with E-state index in [4.69, 9.17) is 20.4 Å². The van der Waals surface area contributed by atoms with E-state index in [2.05, 4.69) is 19.9 Å². The average molecular weight is 581 g/mol. The minimum absolute atomic E-state index is 0. The van der Waals surface area contributed by atoms with Crippen LogP contribution < -0.4 is 63.8 Å². The second-order valence-electron chi connectivity index (χ2n) is 6.85. The van der Waals surface area contributed by atoms with E-state index in [1.807, 2.05) is 0 Å². The summed E-state index contributed by atoms with van der Waals surface area (Å²) < 4.78 is 0. The Morgan fingerprint density at radius 3 is 0.769 bits per heavy atom. The van der Waals surface area contributed by atoms with Crippen molar-refractivity contribution in [2.24, 2.45) is 0 Å². The number of halogens is 1. The number of aromatic carboxylic acids is 4. The number of aromatic nitrogens is 4. The van der Waals surface area contributed by atoms with Gasteiger partial charge in [-0.3, -0.25) is 0 Å². The molecule has 4 heterocycles. The Hall–Kier alpha value is -3.63. The molecule has 196 valence electrons. The molecule has 0 unspecified atom stereocenters. The van der Waals surface area contributed by atoms with Gasteiger partial charge in [-0.15, -0.1) is 0 Å². The van der Waals surface area contributed by atoms with Gasteiger partial charge in [0, 0.05) is 0 Å². The van der Waals surface area contributed by atoms with Crippen molar-refractivity contribution in [3.8, 4) is 22.8 Å². The normalized spacial score (nSPS) is 9.23. The van der Waals surface area contributed by atoms with Gasteiger partial charge in [0.15, 0.2) is 0 Å². The van der Waals surface area contributed by atoms with Crippen LogP contribution in [0.1, 0.15) is 42.0 Å². The van der Waals surface area contributed by atoms with Gasteiger partial charge in [-0.25, -0.2) is 39.1 Å². The predicted octanol–water partition coefficient (Wildman–Crippen LogP) is -3.74. The Labute approximate surface area is 268 Å². The summed E-state index contributed by atoms with van der Waals surface area (Å²) in [5, 5.41) is 35.3. The molecule has 6 N–H and O–H groups in total. The van der Waals surface area contributed by atoms with Crippen LogP contribution in [-0.4, -0.2) is 69.7 Å². The van der Waals surface area contributed by atoms with Crippen LogP contribution in [0.15, 0.2) is 72.8 Å². The Kier molecular flexibility index (Phi) is 14.8. The van der Waals surface area contributed by atoms with Crippen LogP contribution >= 0.6 is 0 Å². The molecule has 4 aromatic heterocycles. The number of carboxylic acids is 4. The van der Waals surface area contributed by atoms with E-state index < -0.39 is 23.9 Å². The largest absolute Gasteiger partial charge is 1.00 e. The molecule has 0 radical (unpaired) electrons. The predicted molar refractivity (Wildman–Crippen MR) is 126 cm³/mol. The molecule has 0 aliphatic carbocycles. The molecule has 0 spiro atoms. The zero-order valence-corrected chi connectivity index (χ0v) is 23.9. The third-order valence-corrected chi connectivity index (χ3v) is 4.40. The maximum atomic E-state index is 10.8.